The number of hydrogen-bond donors (Lipinski definition) is 0. The van der Waals surface area contributed by atoms with Crippen LogP contribution in [0.5, 0.6) is 0 Å². The number of nitrogens with zero attached hydrogens (tertiary/aromatic N) is 1. The summed E-state index contributed by atoms with van der Waals surface area (Å²) in [5, 5.41) is 3.67. The number of aromatic nitrogens is 1. The Bertz CT molecular complexity index is 2940. The van der Waals surface area contributed by atoms with Crippen molar-refractivity contribution in [3.05, 3.63) is 238 Å². The molecule has 55 heavy (non-hydrogen) atoms. The molecule has 0 saturated heterocycles. The minimum atomic E-state index is -0.595. The second-order valence-electron chi connectivity index (χ2n) is 15.8. The summed E-state index contributed by atoms with van der Waals surface area (Å²) in [6, 6.07) is 52.0. The molecule has 0 amide bonds. The van der Waals surface area contributed by atoms with E-state index in [2.05, 4.69) is 201 Å². The van der Waals surface area contributed by atoms with Crippen LogP contribution in [0.25, 0.3) is 45.4 Å². The average Bonchev–Trinajstić information content (AvgIpc) is 3.69. The summed E-state index contributed by atoms with van der Waals surface area (Å²) in [5.74, 6) is 0. The van der Waals surface area contributed by atoms with Gasteiger partial charge < -0.3 is 4.57 Å². The lowest BCUT2D eigenvalue weighted by molar-refractivity contribution is 0.642. The minimum absolute atomic E-state index is 0.246. The first kappa shape index (κ1) is 33.2. The molecule has 7 aromatic rings. The van der Waals surface area contributed by atoms with E-state index in [4.69, 9.17) is 6.58 Å². The van der Waals surface area contributed by atoms with Crippen molar-refractivity contribution in [3.63, 3.8) is 0 Å². The first-order valence-electron chi connectivity index (χ1n) is 19.4. The lowest BCUT2D eigenvalue weighted by Crippen LogP contribution is -2.32. The monoisotopic (exact) mass is 705 g/mol. The fourth-order valence-corrected chi connectivity index (χ4v) is 9.78. The third-order valence-electron chi connectivity index (χ3n) is 12.5. The largest absolute Gasteiger partial charge is 0.309 e. The highest BCUT2D eigenvalue weighted by atomic mass is 15.0. The zero-order valence-corrected chi connectivity index (χ0v) is 31.5. The Morgan fingerprint density at radius 1 is 0.564 bits per heavy atom. The Labute approximate surface area is 324 Å². The molecular formula is C54H43N. The van der Waals surface area contributed by atoms with Gasteiger partial charge in [0.1, 0.15) is 0 Å². The third-order valence-corrected chi connectivity index (χ3v) is 12.5. The van der Waals surface area contributed by atoms with Crippen LogP contribution in [0.1, 0.15) is 58.4 Å². The van der Waals surface area contributed by atoms with Crippen LogP contribution in [0, 0.1) is 0 Å². The van der Waals surface area contributed by atoms with Crippen LogP contribution in [0.15, 0.2) is 183 Å². The third kappa shape index (κ3) is 4.86. The van der Waals surface area contributed by atoms with Crippen LogP contribution in [0.2, 0.25) is 0 Å². The number of benzene rings is 6. The van der Waals surface area contributed by atoms with Gasteiger partial charge in [0, 0.05) is 21.7 Å². The van der Waals surface area contributed by atoms with Gasteiger partial charge in [0.15, 0.2) is 0 Å². The summed E-state index contributed by atoms with van der Waals surface area (Å²) in [4.78, 5) is 0. The number of fused-ring (bicyclic) bond motifs is 13. The smallest absolute Gasteiger partial charge is 0.0723 e. The summed E-state index contributed by atoms with van der Waals surface area (Å²) in [5.41, 5.74) is 16.4. The molecule has 1 heteroatoms. The summed E-state index contributed by atoms with van der Waals surface area (Å²) in [7, 11) is 0. The van der Waals surface area contributed by atoms with Gasteiger partial charge >= 0.3 is 0 Å². The van der Waals surface area contributed by atoms with Gasteiger partial charge in [-0.1, -0.05) is 179 Å². The topological polar surface area (TPSA) is 4.93 Å². The van der Waals surface area contributed by atoms with E-state index in [-0.39, 0.29) is 5.41 Å². The van der Waals surface area contributed by atoms with E-state index in [1.54, 1.807) is 0 Å². The molecule has 10 rings (SSSR count). The Hall–Kier alpha value is -6.44. The summed E-state index contributed by atoms with van der Waals surface area (Å²) in [6.07, 6.45) is 15.2. The molecule has 0 fully saturated rings. The predicted octanol–water partition coefficient (Wildman–Crippen LogP) is 11.3. The molecule has 0 aliphatic heterocycles. The zero-order chi connectivity index (χ0) is 37.3. The van der Waals surface area contributed by atoms with Crippen LogP contribution in [-0.4, -0.2) is 4.57 Å². The highest BCUT2D eigenvalue weighted by Crippen LogP contribution is 2.58. The van der Waals surface area contributed by atoms with E-state index in [0.29, 0.717) is 0 Å². The molecule has 6 aromatic carbocycles. The fourth-order valence-electron chi connectivity index (χ4n) is 9.78. The standard InChI is InChI=1S/C54H43N/c1-36-18-6-5-7-19-38-20-9-14-26-47(38)54(48-27-15-10-22-41(36)48)49-28-16-11-23-42(49)43-33-31-40(35-50(43)54)55-51-29-17-12-24-44(51)45-32-30-39-21-8-13-25-46(39)53(3,4)37(2)34-52(45)55/h5-18,20-29,31-35H,1-2,19,30H2,3-4H3/b7-5-,18-6-,45-32-,52-34-. The first-order chi connectivity index (χ1) is 26.9. The lowest BCUT2D eigenvalue weighted by Gasteiger charge is -2.37. The Morgan fingerprint density at radius 2 is 1.18 bits per heavy atom. The van der Waals surface area contributed by atoms with Gasteiger partial charge in [0.25, 0.3) is 0 Å². The molecule has 0 bridgehead atoms. The molecule has 1 atom stereocenters. The average molecular weight is 706 g/mol. The number of para-hydroxylation sites is 1. The van der Waals surface area contributed by atoms with Crippen molar-refractivity contribution in [3.8, 4) is 16.8 Å². The maximum atomic E-state index is 4.76. The van der Waals surface area contributed by atoms with Crippen LogP contribution >= 0.6 is 0 Å². The van der Waals surface area contributed by atoms with Gasteiger partial charge in [-0.25, -0.2) is 0 Å². The number of rotatable bonds is 1. The van der Waals surface area contributed by atoms with E-state index in [1.807, 2.05) is 0 Å². The van der Waals surface area contributed by atoms with Gasteiger partial charge in [-0.05, 0) is 104 Å². The molecule has 0 N–H and O–H groups in total. The predicted molar refractivity (Wildman–Crippen MR) is 232 cm³/mol. The second kappa shape index (κ2) is 12.6. The van der Waals surface area contributed by atoms with E-state index in [1.165, 1.54) is 71.5 Å². The molecule has 1 aromatic heterocycles. The zero-order valence-electron chi connectivity index (χ0n) is 31.5. The SMILES string of the molecule is C=C1/C=C\C=C/Cc2ccccc2C2(c3ccccc31)c1ccccc1-c1ccc(-n3c4/c(c5ccccc53)=C\Cc3ccccc3C(C)(C)C(=C)/C=4)cc12. The fraction of sp³-hybridized carbons (Fsp3) is 0.111. The van der Waals surface area contributed by atoms with Crippen molar-refractivity contribution < 1.29 is 0 Å². The summed E-state index contributed by atoms with van der Waals surface area (Å²) >= 11 is 0. The molecular weight excluding hydrogens is 663 g/mol. The maximum absolute atomic E-state index is 4.76. The van der Waals surface area contributed by atoms with Crippen molar-refractivity contribution in [2.75, 3.05) is 0 Å². The summed E-state index contributed by atoms with van der Waals surface area (Å²) in [6.45, 7) is 14.0. The molecule has 0 radical (unpaired) electrons. The van der Waals surface area contributed by atoms with Gasteiger partial charge in [-0.2, -0.15) is 0 Å². The molecule has 3 aliphatic rings. The van der Waals surface area contributed by atoms with Crippen LogP contribution in [-0.2, 0) is 23.7 Å². The van der Waals surface area contributed by atoms with Crippen LogP contribution < -0.4 is 10.6 Å². The normalized spacial score (nSPS) is 20.3. The highest BCUT2D eigenvalue weighted by Gasteiger charge is 2.48. The molecule has 3 aliphatic carbocycles. The number of allylic oxidation sites excluding steroid dienone is 6. The van der Waals surface area contributed by atoms with Gasteiger partial charge in [0.2, 0.25) is 0 Å². The van der Waals surface area contributed by atoms with Crippen LogP contribution in [0.3, 0.4) is 0 Å². The van der Waals surface area contributed by atoms with E-state index < -0.39 is 5.41 Å². The molecule has 264 valence electrons. The van der Waals surface area contributed by atoms with E-state index in [9.17, 15) is 0 Å². The van der Waals surface area contributed by atoms with Crippen LogP contribution in [0.4, 0.5) is 0 Å². The maximum Gasteiger partial charge on any atom is 0.0723 e. The van der Waals surface area contributed by atoms with Gasteiger partial charge in [-0.15, -0.1) is 0 Å². The van der Waals surface area contributed by atoms with Gasteiger partial charge in [-0.3, -0.25) is 0 Å². The van der Waals surface area contributed by atoms with Crippen molar-refractivity contribution in [1.82, 2.24) is 4.57 Å². The summed E-state index contributed by atoms with van der Waals surface area (Å²) < 4.78 is 2.49. The van der Waals surface area contributed by atoms with E-state index in [0.717, 1.165) is 35.2 Å². The molecule has 0 saturated carbocycles. The molecule has 1 unspecified atom stereocenters. The number of hydrogen-bond acceptors (Lipinski definition) is 0. The molecule has 1 spiro atoms. The van der Waals surface area contributed by atoms with Crippen molar-refractivity contribution in [2.24, 2.45) is 0 Å². The van der Waals surface area contributed by atoms with Crippen molar-refractivity contribution >= 4 is 28.6 Å². The van der Waals surface area contributed by atoms with Crippen molar-refractivity contribution in [1.29, 1.82) is 0 Å². The quantitative estimate of drug-likeness (QED) is 0.160. The van der Waals surface area contributed by atoms with E-state index >= 15 is 0 Å². The van der Waals surface area contributed by atoms with Crippen molar-refractivity contribution in [2.45, 2.75) is 37.5 Å². The Morgan fingerprint density at radius 3 is 1.98 bits per heavy atom. The Kier molecular flexibility index (Phi) is 7.58. The highest BCUT2D eigenvalue weighted by molar-refractivity contribution is 5.91. The van der Waals surface area contributed by atoms with Gasteiger partial charge in [0.05, 0.1) is 16.3 Å². The minimum Gasteiger partial charge on any atom is -0.309 e. The first-order valence-corrected chi connectivity index (χ1v) is 19.4. The Balaban J connectivity index is 1.33. The second-order valence-corrected chi connectivity index (χ2v) is 15.8. The lowest BCUT2D eigenvalue weighted by atomic mass is 9.64. The molecule has 1 nitrogen and oxygen atoms in total. The molecule has 1 heterocycles.